The molecule has 7 rings (SSSR count). The van der Waals surface area contributed by atoms with Crippen molar-refractivity contribution in [2.75, 3.05) is 0 Å². The van der Waals surface area contributed by atoms with Crippen LogP contribution < -0.4 is 0 Å². The molecular weight excluding hydrogens is 488 g/mol. The lowest BCUT2D eigenvalue weighted by Crippen LogP contribution is -2.15. The van der Waals surface area contributed by atoms with Crippen LogP contribution in [0.15, 0.2) is 108 Å². The minimum atomic E-state index is 0.541. The molecule has 5 aromatic rings. The molecule has 1 aliphatic heterocycles. The van der Waals surface area contributed by atoms with Crippen LogP contribution in [0, 0.1) is 25.2 Å². The second-order valence-electron chi connectivity index (χ2n) is 10.9. The van der Waals surface area contributed by atoms with Gasteiger partial charge in [-0.25, -0.2) is 0 Å². The molecule has 0 fully saturated rings. The lowest BCUT2D eigenvalue weighted by molar-refractivity contribution is 0.565. The molecule has 0 N–H and O–H groups in total. The predicted octanol–water partition coefficient (Wildman–Crippen LogP) is 10.4. The van der Waals surface area contributed by atoms with E-state index < -0.39 is 0 Å². The third-order valence-electron chi connectivity index (χ3n) is 8.51. The van der Waals surface area contributed by atoms with E-state index in [9.17, 15) is 0 Å². The molecule has 0 saturated heterocycles. The van der Waals surface area contributed by atoms with E-state index in [0.717, 1.165) is 0 Å². The summed E-state index contributed by atoms with van der Waals surface area (Å²) in [4.78, 5) is 1.47. The zero-order valence-corrected chi connectivity index (χ0v) is 23.1. The molecule has 1 heteroatoms. The Morgan fingerprint density at radius 3 is 2.46 bits per heavy atom. The van der Waals surface area contributed by atoms with Crippen LogP contribution in [0.5, 0.6) is 0 Å². The van der Waals surface area contributed by atoms with Crippen molar-refractivity contribution in [3.63, 3.8) is 0 Å². The molecule has 2 aliphatic rings. The number of terminal acetylenes is 1. The van der Waals surface area contributed by atoms with Gasteiger partial charge in [0, 0.05) is 16.1 Å². The standard InChI is InChI=1S/C38H30S/c1-4-5-12-29-25(3)30-13-6-7-14-32(30)36-23-27(18-20-33(29)36)26-10-8-11-28(22-26)31-15-9-16-35-34-19-17-24(2)21-37(34)39-38(31)35/h1,5-20,22-24,34,37H,21H2,2-3H3/b12-5-. The van der Waals surface area contributed by atoms with Gasteiger partial charge in [0.25, 0.3) is 0 Å². The summed E-state index contributed by atoms with van der Waals surface area (Å²) in [5, 5.41) is 5.70. The third kappa shape index (κ3) is 4.03. The van der Waals surface area contributed by atoms with Crippen molar-refractivity contribution < 1.29 is 0 Å². The Hall–Kier alpha value is -3.99. The first-order valence-corrected chi connectivity index (χ1v) is 14.7. The molecule has 5 aromatic carbocycles. The Kier molecular flexibility index (Phi) is 5.95. The second kappa shape index (κ2) is 9.64. The van der Waals surface area contributed by atoms with E-state index in [1.54, 1.807) is 6.08 Å². The quantitative estimate of drug-likeness (QED) is 0.130. The first-order chi connectivity index (χ1) is 19.1. The van der Waals surface area contributed by atoms with Crippen molar-refractivity contribution in [2.45, 2.75) is 36.3 Å². The molecule has 0 spiro atoms. The number of fused-ring (bicyclic) bond motifs is 6. The van der Waals surface area contributed by atoms with Gasteiger partial charge < -0.3 is 0 Å². The van der Waals surface area contributed by atoms with Gasteiger partial charge in [0.1, 0.15) is 0 Å². The normalized spacial score (nSPS) is 19.9. The maximum atomic E-state index is 5.58. The van der Waals surface area contributed by atoms with Gasteiger partial charge in [0.05, 0.1) is 0 Å². The van der Waals surface area contributed by atoms with Crippen LogP contribution in [0.1, 0.15) is 36.0 Å². The average Bonchev–Trinajstić information content (AvgIpc) is 3.35. The molecule has 0 radical (unpaired) electrons. The summed E-state index contributed by atoms with van der Waals surface area (Å²) in [7, 11) is 0. The fraction of sp³-hybridized carbons (Fsp3) is 0.158. The Labute approximate surface area is 235 Å². The smallest absolute Gasteiger partial charge is 0.0204 e. The van der Waals surface area contributed by atoms with Crippen molar-refractivity contribution in [2.24, 2.45) is 5.92 Å². The fourth-order valence-corrected chi connectivity index (χ4v) is 8.30. The van der Waals surface area contributed by atoms with E-state index in [1.165, 1.54) is 71.8 Å². The Morgan fingerprint density at radius 1 is 0.795 bits per heavy atom. The third-order valence-corrected chi connectivity index (χ3v) is 9.99. The average molecular weight is 519 g/mol. The number of thioether (sulfide) groups is 1. The topological polar surface area (TPSA) is 0 Å². The summed E-state index contributed by atoms with van der Waals surface area (Å²) in [5.74, 6) is 3.87. The molecule has 0 bridgehead atoms. The molecule has 3 unspecified atom stereocenters. The highest BCUT2D eigenvalue weighted by atomic mass is 32.2. The van der Waals surface area contributed by atoms with Crippen molar-refractivity contribution in [3.05, 3.63) is 120 Å². The molecular formula is C38H30S. The van der Waals surface area contributed by atoms with E-state index in [1.807, 2.05) is 0 Å². The van der Waals surface area contributed by atoms with Crippen molar-refractivity contribution in [1.29, 1.82) is 0 Å². The second-order valence-corrected chi connectivity index (χ2v) is 12.2. The van der Waals surface area contributed by atoms with Crippen molar-refractivity contribution in [3.8, 4) is 34.6 Å². The van der Waals surface area contributed by atoms with Gasteiger partial charge in [-0.1, -0.05) is 97.8 Å². The van der Waals surface area contributed by atoms with Crippen LogP contribution >= 0.6 is 11.8 Å². The zero-order valence-electron chi connectivity index (χ0n) is 22.3. The molecule has 188 valence electrons. The van der Waals surface area contributed by atoms with Crippen LogP contribution in [0.4, 0.5) is 0 Å². The zero-order chi connectivity index (χ0) is 26.5. The van der Waals surface area contributed by atoms with E-state index in [-0.39, 0.29) is 0 Å². The molecule has 0 aromatic heterocycles. The summed E-state index contributed by atoms with van der Waals surface area (Å²) in [6.07, 6.45) is 15.6. The maximum absolute atomic E-state index is 5.58. The Morgan fingerprint density at radius 2 is 1.59 bits per heavy atom. The van der Waals surface area contributed by atoms with E-state index in [2.05, 4.69) is 135 Å². The highest BCUT2D eigenvalue weighted by Gasteiger charge is 2.35. The minimum absolute atomic E-state index is 0.541. The van der Waals surface area contributed by atoms with E-state index in [4.69, 9.17) is 6.42 Å². The number of hydrogen-bond donors (Lipinski definition) is 0. The molecule has 3 atom stereocenters. The monoisotopic (exact) mass is 518 g/mol. The molecule has 1 heterocycles. The number of aryl methyl sites for hydroxylation is 1. The number of rotatable bonds is 3. The molecule has 0 nitrogen and oxygen atoms in total. The van der Waals surface area contributed by atoms with E-state index >= 15 is 0 Å². The SMILES string of the molecule is C#C/C=C\c1c(C)c2ccccc2c2cc(-c3cccc(-c4cccc5c4SC4CC(C)C=CC54)c3)ccc12. The van der Waals surface area contributed by atoms with Gasteiger partial charge in [-0.3, -0.25) is 0 Å². The summed E-state index contributed by atoms with van der Waals surface area (Å²) in [5.41, 5.74) is 9.08. The van der Waals surface area contributed by atoms with Gasteiger partial charge in [-0.2, -0.15) is 0 Å². The minimum Gasteiger partial charge on any atom is -0.121 e. The molecule has 1 aliphatic carbocycles. The highest BCUT2D eigenvalue weighted by molar-refractivity contribution is 8.00. The number of hydrogen-bond acceptors (Lipinski definition) is 1. The van der Waals surface area contributed by atoms with Crippen molar-refractivity contribution >= 4 is 39.4 Å². The van der Waals surface area contributed by atoms with Gasteiger partial charge in [-0.05, 0) is 104 Å². The van der Waals surface area contributed by atoms with Crippen LogP contribution in [-0.2, 0) is 0 Å². The lowest BCUT2D eigenvalue weighted by Gasteiger charge is -2.23. The van der Waals surface area contributed by atoms with Gasteiger partial charge in [0.15, 0.2) is 0 Å². The Balaban J connectivity index is 1.35. The summed E-state index contributed by atoms with van der Waals surface area (Å²) in [6.45, 7) is 4.53. The largest absolute Gasteiger partial charge is 0.121 e. The van der Waals surface area contributed by atoms with Gasteiger partial charge >= 0.3 is 0 Å². The van der Waals surface area contributed by atoms with Gasteiger partial charge in [-0.15, -0.1) is 18.2 Å². The molecule has 0 saturated carbocycles. The summed E-state index contributed by atoms with van der Waals surface area (Å²) in [6, 6.07) is 31.5. The number of allylic oxidation sites excluding steroid dienone is 3. The van der Waals surface area contributed by atoms with Crippen LogP contribution in [-0.4, -0.2) is 5.25 Å². The number of benzene rings is 5. The summed E-state index contributed by atoms with van der Waals surface area (Å²) >= 11 is 2.09. The Bertz CT molecular complexity index is 1860. The fourth-order valence-electron chi connectivity index (χ4n) is 6.56. The van der Waals surface area contributed by atoms with E-state index in [0.29, 0.717) is 17.1 Å². The van der Waals surface area contributed by atoms with Crippen LogP contribution in [0.3, 0.4) is 0 Å². The van der Waals surface area contributed by atoms with Crippen LogP contribution in [0.2, 0.25) is 0 Å². The molecule has 39 heavy (non-hydrogen) atoms. The van der Waals surface area contributed by atoms with Crippen molar-refractivity contribution in [1.82, 2.24) is 0 Å². The summed E-state index contributed by atoms with van der Waals surface area (Å²) < 4.78 is 0. The predicted molar refractivity (Wildman–Crippen MR) is 170 cm³/mol. The lowest BCUT2D eigenvalue weighted by atomic mass is 9.84. The maximum Gasteiger partial charge on any atom is 0.0204 e. The first kappa shape index (κ1) is 24.1. The first-order valence-electron chi connectivity index (χ1n) is 13.8. The molecule has 0 amide bonds. The highest BCUT2D eigenvalue weighted by Crippen LogP contribution is 2.53. The van der Waals surface area contributed by atoms with Crippen LogP contribution in [0.25, 0.3) is 49.9 Å². The van der Waals surface area contributed by atoms with Gasteiger partial charge in [0.2, 0.25) is 0 Å².